The van der Waals surface area contributed by atoms with E-state index in [2.05, 4.69) is 4.98 Å². The maximum Gasteiger partial charge on any atom is 0.184 e. The number of hydrogen-bond donors (Lipinski definition) is 0. The summed E-state index contributed by atoms with van der Waals surface area (Å²) in [6.07, 6.45) is 6.04. The van der Waals surface area contributed by atoms with Gasteiger partial charge in [-0.15, -0.1) is 0 Å². The summed E-state index contributed by atoms with van der Waals surface area (Å²) in [5.74, 6) is 0. The van der Waals surface area contributed by atoms with E-state index in [4.69, 9.17) is 0 Å². The fourth-order valence-electron chi connectivity index (χ4n) is 2.68. The van der Waals surface area contributed by atoms with Gasteiger partial charge in [-0.1, -0.05) is 0 Å². The van der Waals surface area contributed by atoms with E-state index in [1.807, 2.05) is 10.5 Å². The van der Waals surface area contributed by atoms with E-state index in [0.717, 1.165) is 30.6 Å². The first-order valence-electron chi connectivity index (χ1n) is 7.05. The molecule has 1 aliphatic carbocycles. The molecule has 4 nitrogen and oxygen atoms in total. The van der Waals surface area contributed by atoms with Crippen LogP contribution in [-0.4, -0.2) is 22.5 Å². The number of nitrogens with zero attached hydrogens (tertiary/aromatic N) is 2. The van der Waals surface area contributed by atoms with Crippen LogP contribution < -0.4 is 0 Å². The van der Waals surface area contributed by atoms with Crippen molar-refractivity contribution in [2.75, 3.05) is 0 Å². The van der Waals surface area contributed by atoms with Gasteiger partial charge in [-0.25, -0.2) is 13.4 Å². The van der Waals surface area contributed by atoms with Crippen LogP contribution in [0.3, 0.4) is 0 Å². The fraction of sp³-hybridized carbons (Fsp3) is 0.533. The number of imidazole rings is 1. The highest BCUT2D eigenvalue weighted by Crippen LogP contribution is 2.27. The monoisotopic (exact) mass is 292 g/mol. The molecule has 0 radical (unpaired) electrons. The van der Waals surface area contributed by atoms with Crippen LogP contribution in [0.2, 0.25) is 0 Å². The van der Waals surface area contributed by atoms with Gasteiger partial charge >= 0.3 is 0 Å². The van der Waals surface area contributed by atoms with Gasteiger partial charge in [-0.05, 0) is 58.6 Å². The van der Waals surface area contributed by atoms with Crippen molar-refractivity contribution >= 4 is 15.5 Å². The average molecular weight is 292 g/mol. The predicted octanol–water partition coefficient (Wildman–Crippen LogP) is 2.79. The Morgan fingerprint density at radius 2 is 1.85 bits per heavy atom. The number of fused-ring (bicyclic) bond motifs is 3. The minimum Gasteiger partial charge on any atom is -0.302 e. The van der Waals surface area contributed by atoms with Gasteiger partial charge in [0, 0.05) is 11.9 Å². The van der Waals surface area contributed by atoms with E-state index in [9.17, 15) is 8.42 Å². The first kappa shape index (κ1) is 13.6. The van der Waals surface area contributed by atoms with Crippen molar-refractivity contribution in [2.24, 2.45) is 0 Å². The largest absolute Gasteiger partial charge is 0.302 e. The summed E-state index contributed by atoms with van der Waals surface area (Å²) >= 11 is 0. The van der Waals surface area contributed by atoms with Crippen LogP contribution in [0.15, 0.2) is 23.2 Å². The van der Waals surface area contributed by atoms with Crippen LogP contribution in [0.1, 0.15) is 45.0 Å². The van der Waals surface area contributed by atoms with Gasteiger partial charge in [0.2, 0.25) is 0 Å². The zero-order chi connectivity index (χ0) is 14.5. The summed E-state index contributed by atoms with van der Waals surface area (Å²) < 4.78 is 26.3. The lowest BCUT2D eigenvalue weighted by Crippen LogP contribution is -2.28. The Labute approximate surface area is 119 Å². The van der Waals surface area contributed by atoms with Gasteiger partial charge in [0.15, 0.2) is 9.84 Å². The average Bonchev–Trinajstić information content (AvgIpc) is 2.75. The molecule has 2 heterocycles. The lowest BCUT2D eigenvalue weighted by Gasteiger charge is -2.19. The minimum absolute atomic E-state index is 0.378. The van der Waals surface area contributed by atoms with Gasteiger partial charge in [0.1, 0.15) is 5.65 Å². The third-order valence-electron chi connectivity index (χ3n) is 3.97. The Hall–Kier alpha value is -1.36. The molecule has 0 fully saturated rings. The highest BCUT2D eigenvalue weighted by atomic mass is 32.2. The number of hydrogen-bond acceptors (Lipinski definition) is 3. The fourth-order valence-corrected chi connectivity index (χ4v) is 3.88. The Balaban J connectivity index is 2.21. The highest BCUT2D eigenvalue weighted by molar-refractivity contribution is 7.92. The van der Waals surface area contributed by atoms with Crippen LogP contribution in [0, 0.1) is 0 Å². The second-order valence-electron chi connectivity index (χ2n) is 6.42. The van der Waals surface area contributed by atoms with E-state index in [1.165, 1.54) is 12.1 Å². The second-order valence-corrected chi connectivity index (χ2v) is 9.12. The minimum atomic E-state index is -3.32. The Bertz CT molecular complexity index is 767. The van der Waals surface area contributed by atoms with Crippen LogP contribution in [-0.2, 0) is 22.7 Å². The van der Waals surface area contributed by atoms with Crippen LogP contribution in [0.4, 0.5) is 0 Å². The Morgan fingerprint density at radius 1 is 1.15 bits per heavy atom. The molecule has 3 rings (SSSR count). The van der Waals surface area contributed by atoms with Gasteiger partial charge in [-0.2, -0.15) is 0 Å². The maximum atomic E-state index is 12.6. The van der Waals surface area contributed by atoms with Crippen molar-refractivity contribution in [3.05, 3.63) is 29.7 Å². The molecular formula is C15H20N2O2S. The first-order valence-corrected chi connectivity index (χ1v) is 8.53. The maximum absolute atomic E-state index is 12.6. The van der Waals surface area contributed by atoms with Crippen molar-refractivity contribution in [3.63, 3.8) is 0 Å². The number of sulfone groups is 1. The Morgan fingerprint density at radius 3 is 2.55 bits per heavy atom. The number of aryl methyl sites for hydroxylation is 2. The summed E-state index contributed by atoms with van der Waals surface area (Å²) in [7, 11) is -3.32. The summed E-state index contributed by atoms with van der Waals surface area (Å²) in [5.41, 5.74) is 3.16. The molecular weight excluding hydrogens is 272 g/mol. The molecule has 0 unspecified atom stereocenters. The van der Waals surface area contributed by atoms with E-state index >= 15 is 0 Å². The van der Waals surface area contributed by atoms with Crippen molar-refractivity contribution in [1.29, 1.82) is 0 Å². The molecule has 0 amide bonds. The highest BCUT2D eigenvalue weighted by Gasteiger charge is 2.31. The van der Waals surface area contributed by atoms with Crippen LogP contribution >= 0.6 is 0 Å². The molecule has 0 saturated heterocycles. The summed E-state index contributed by atoms with van der Waals surface area (Å²) in [6, 6.07) is 3.49. The topological polar surface area (TPSA) is 51.4 Å². The van der Waals surface area contributed by atoms with Crippen molar-refractivity contribution in [3.8, 4) is 0 Å². The van der Waals surface area contributed by atoms with Crippen LogP contribution in [0.25, 0.3) is 5.65 Å². The lowest BCUT2D eigenvalue weighted by molar-refractivity contribution is 0.559. The van der Waals surface area contributed by atoms with E-state index < -0.39 is 14.6 Å². The molecule has 0 bridgehead atoms. The number of aromatic nitrogens is 2. The normalized spacial score (nSPS) is 16.4. The Kier molecular flexibility index (Phi) is 2.94. The van der Waals surface area contributed by atoms with Crippen molar-refractivity contribution in [2.45, 2.75) is 56.1 Å². The molecule has 5 heteroatoms. The molecule has 0 spiro atoms. The lowest BCUT2D eigenvalue weighted by atomic mass is 10.0. The SMILES string of the molecule is CC(C)(C)S(=O)(=O)c1ccc2nc3c(n2c1)CCCC3. The van der Waals surface area contributed by atoms with Gasteiger partial charge in [0.05, 0.1) is 15.3 Å². The molecule has 1 aliphatic rings. The number of rotatable bonds is 1. The summed E-state index contributed by atoms with van der Waals surface area (Å²) in [4.78, 5) is 4.98. The third kappa shape index (κ3) is 1.95. The summed E-state index contributed by atoms with van der Waals surface area (Å²) in [6.45, 7) is 5.20. The zero-order valence-corrected chi connectivity index (χ0v) is 13.0. The molecule has 0 aliphatic heterocycles. The summed E-state index contributed by atoms with van der Waals surface area (Å²) in [5, 5.41) is 0. The molecule has 0 saturated carbocycles. The number of pyridine rings is 1. The molecule has 0 aromatic carbocycles. The van der Waals surface area contributed by atoms with Crippen molar-refractivity contribution in [1.82, 2.24) is 9.38 Å². The van der Waals surface area contributed by atoms with Crippen molar-refractivity contribution < 1.29 is 8.42 Å². The quantitative estimate of drug-likeness (QED) is 0.812. The van der Waals surface area contributed by atoms with Gasteiger partial charge in [0.25, 0.3) is 0 Å². The smallest absolute Gasteiger partial charge is 0.184 e. The first-order chi connectivity index (χ1) is 9.30. The molecule has 108 valence electrons. The molecule has 20 heavy (non-hydrogen) atoms. The molecule has 0 N–H and O–H groups in total. The van der Waals surface area contributed by atoms with E-state index in [1.54, 1.807) is 33.0 Å². The van der Waals surface area contributed by atoms with Crippen LogP contribution in [0.5, 0.6) is 0 Å². The third-order valence-corrected chi connectivity index (χ3v) is 6.44. The van der Waals surface area contributed by atoms with Gasteiger partial charge < -0.3 is 4.40 Å². The molecule has 2 aromatic heterocycles. The zero-order valence-electron chi connectivity index (χ0n) is 12.2. The molecule has 2 aromatic rings. The second kappa shape index (κ2) is 4.32. The predicted molar refractivity (Wildman–Crippen MR) is 78.8 cm³/mol. The molecule has 0 atom stereocenters. The van der Waals surface area contributed by atoms with E-state index in [0.29, 0.717) is 4.90 Å². The van der Waals surface area contributed by atoms with Gasteiger partial charge in [-0.3, -0.25) is 0 Å². The van der Waals surface area contributed by atoms with E-state index in [-0.39, 0.29) is 0 Å². The standard InChI is InChI=1S/C15H20N2O2S/c1-15(2,3)20(18,19)11-8-9-14-16-12-6-4-5-7-13(12)17(14)10-11/h8-10H,4-7H2,1-3H3.